The highest BCUT2D eigenvalue weighted by molar-refractivity contribution is 7.13. The molecule has 2 aromatic heterocycles. The highest BCUT2D eigenvalue weighted by atomic mass is 32.1. The van der Waals surface area contributed by atoms with Crippen LogP contribution in [-0.4, -0.2) is 16.3 Å². The summed E-state index contributed by atoms with van der Waals surface area (Å²) in [5, 5.41) is 5.81. The fraction of sp³-hybridized carbons (Fsp3) is 0.158. The largest absolute Gasteiger partial charge is 0.343 e. The van der Waals surface area contributed by atoms with Crippen LogP contribution >= 0.6 is 11.3 Å². The van der Waals surface area contributed by atoms with Gasteiger partial charge in [-0.1, -0.05) is 29.8 Å². The summed E-state index contributed by atoms with van der Waals surface area (Å²) in [5.41, 5.74) is 3.38. The van der Waals surface area contributed by atoms with Crippen molar-refractivity contribution in [2.24, 2.45) is 0 Å². The zero-order valence-electron chi connectivity index (χ0n) is 13.2. The summed E-state index contributed by atoms with van der Waals surface area (Å²) in [6.07, 6.45) is 2.18. The Morgan fingerprint density at radius 3 is 2.79 bits per heavy atom. The van der Waals surface area contributed by atoms with Crippen molar-refractivity contribution >= 4 is 23.0 Å². The Bertz CT molecular complexity index is 921. The Kier molecular flexibility index (Phi) is 3.58. The molecule has 0 saturated heterocycles. The Balaban J connectivity index is 1.67. The van der Waals surface area contributed by atoms with Gasteiger partial charge >= 0.3 is 0 Å². The molecule has 0 aliphatic carbocycles. The molecule has 3 heterocycles. The third-order valence-corrected chi connectivity index (χ3v) is 5.23. The first-order valence-corrected chi connectivity index (χ1v) is 8.67. The number of carbonyl (C=O) groups excluding carboxylic acids is 2. The molecule has 24 heavy (non-hydrogen) atoms. The van der Waals surface area contributed by atoms with Crippen molar-refractivity contribution < 1.29 is 9.59 Å². The summed E-state index contributed by atoms with van der Waals surface area (Å²) < 4.78 is 2.00. The minimum Gasteiger partial charge on any atom is -0.343 e. The standard InChI is InChI=1S/C19H16N2O2S/c1-12-4-6-13(7-5-12)17(22)11-15-16-3-2-9-21(16)19-14(8-10-24-19)18(23)20-15/h2-10,15H,11H2,1H3,(H,20,23). The molecule has 1 aromatic carbocycles. The van der Waals surface area contributed by atoms with E-state index in [1.54, 1.807) is 0 Å². The fourth-order valence-corrected chi connectivity index (χ4v) is 3.93. The van der Waals surface area contributed by atoms with Crippen LogP contribution in [0.15, 0.2) is 54.0 Å². The molecule has 4 rings (SSSR count). The number of nitrogens with one attached hydrogen (secondary N) is 1. The highest BCUT2D eigenvalue weighted by Crippen LogP contribution is 2.31. The first-order chi connectivity index (χ1) is 11.6. The molecule has 1 amide bonds. The van der Waals surface area contributed by atoms with E-state index in [-0.39, 0.29) is 24.2 Å². The van der Waals surface area contributed by atoms with E-state index in [0.29, 0.717) is 11.1 Å². The number of thiophene rings is 1. The number of hydrogen-bond acceptors (Lipinski definition) is 3. The molecule has 5 heteroatoms. The third kappa shape index (κ3) is 2.47. The van der Waals surface area contributed by atoms with Crippen LogP contribution in [-0.2, 0) is 0 Å². The van der Waals surface area contributed by atoms with Gasteiger partial charge in [0, 0.05) is 23.9 Å². The summed E-state index contributed by atoms with van der Waals surface area (Å²) in [5.74, 6) is -0.102. The molecular formula is C19H16N2O2S. The van der Waals surface area contributed by atoms with Crippen molar-refractivity contribution in [2.45, 2.75) is 19.4 Å². The molecule has 0 fully saturated rings. The van der Waals surface area contributed by atoms with Gasteiger partial charge in [-0.25, -0.2) is 0 Å². The molecule has 0 saturated carbocycles. The lowest BCUT2D eigenvalue weighted by Crippen LogP contribution is -2.29. The van der Waals surface area contributed by atoms with Crippen LogP contribution in [0.25, 0.3) is 5.00 Å². The molecule has 120 valence electrons. The number of aryl methyl sites for hydroxylation is 1. The third-order valence-electron chi connectivity index (χ3n) is 4.31. The van der Waals surface area contributed by atoms with Crippen molar-refractivity contribution in [3.8, 4) is 5.00 Å². The average molecular weight is 336 g/mol. The highest BCUT2D eigenvalue weighted by Gasteiger charge is 2.28. The van der Waals surface area contributed by atoms with Crippen molar-refractivity contribution in [3.05, 3.63) is 76.4 Å². The average Bonchev–Trinajstić information content (AvgIpc) is 3.21. The molecule has 1 atom stereocenters. The summed E-state index contributed by atoms with van der Waals surface area (Å²) in [6, 6.07) is 12.9. The SMILES string of the molecule is Cc1ccc(C(=O)CC2NC(=O)c3ccsc3-n3cccc32)cc1. The van der Waals surface area contributed by atoms with Crippen molar-refractivity contribution in [1.29, 1.82) is 0 Å². The van der Waals surface area contributed by atoms with E-state index in [0.717, 1.165) is 16.3 Å². The van der Waals surface area contributed by atoms with Crippen LogP contribution in [0.2, 0.25) is 0 Å². The molecule has 4 nitrogen and oxygen atoms in total. The number of amides is 1. The van der Waals surface area contributed by atoms with Crippen LogP contribution in [0.1, 0.15) is 44.4 Å². The molecule has 0 spiro atoms. The van der Waals surface area contributed by atoms with E-state index in [1.807, 2.05) is 65.5 Å². The summed E-state index contributed by atoms with van der Waals surface area (Å²) in [7, 11) is 0. The smallest absolute Gasteiger partial charge is 0.254 e. The van der Waals surface area contributed by atoms with Gasteiger partial charge in [0.15, 0.2) is 5.78 Å². The molecule has 3 aromatic rings. The second-order valence-electron chi connectivity index (χ2n) is 5.96. The maximum atomic E-state index is 12.6. The van der Waals surface area contributed by atoms with E-state index < -0.39 is 0 Å². The molecule has 1 N–H and O–H groups in total. The minimum absolute atomic E-state index is 0.0262. The van der Waals surface area contributed by atoms with Gasteiger partial charge in [0.25, 0.3) is 5.91 Å². The van der Waals surface area contributed by atoms with E-state index in [4.69, 9.17) is 0 Å². The first-order valence-electron chi connectivity index (χ1n) is 7.79. The number of ketones is 1. The van der Waals surface area contributed by atoms with E-state index in [2.05, 4.69) is 5.32 Å². The van der Waals surface area contributed by atoms with Crippen molar-refractivity contribution in [2.75, 3.05) is 0 Å². The van der Waals surface area contributed by atoms with Gasteiger partial charge in [-0.05, 0) is 30.5 Å². The fourth-order valence-electron chi connectivity index (χ4n) is 3.03. The zero-order valence-corrected chi connectivity index (χ0v) is 14.0. The molecule has 1 aliphatic heterocycles. The molecule has 0 bridgehead atoms. The number of nitrogens with zero attached hydrogens (tertiary/aromatic N) is 1. The van der Waals surface area contributed by atoms with E-state index in [9.17, 15) is 9.59 Å². The summed E-state index contributed by atoms with van der Waals surface area (Å²) in [4.78, 5) is 25.1. The summed E-state index contributed by atoms with van der Waals surface area (Å²) in [6.45, 7) is 1.99. The van der Waals surface area contributed by atoms with Gasteiger partial charge in [0.1, 0.15) is 5.00 Å². The predicted molar refractivity (Wildman–Crippen MR) is 94.0 cm³/mol. The minimum atomic E-state index is -0.332. The number of rotatable bonds is 3. The Morgan fingerprint density at radius 2 is 2.00 bits per heavy atom. The van der Waals surface area contributed by atoms with Gasteiger partial charge in [-0.15, -0.1) is 11.3 Å². The van der Waals surface area contributed by atoms with Crippen LogP contribution in [0.5, 0.6) is 0 Å². The van der Waals surface area contributed by atoms with Gasteiger partial charge in [-0.3, -0.25) is 9.59 Å². The van der Waals surface area contributed by atoms with Gasteiger partial charge in [-0.2, -0.15) is 0 Å². The number of aromatic nitrogens is 1. The molecule has 0 radical (unpaired) electrons. The van der Waals surface area contributed by atoms with Crippen LogP contribution in [0.4, 0.5) is 0 Å². The molecule has 1 aliphatic rings. The lowest BCUT2D eigenvalue weighted by molar-refractivity contribution is 0.0914. The number of benzene rings is 1. The van der Waals surface area contributed by atoms with Crippen LogP contribution < -0.4 is 5.32 Å². The molecule has 1 unspecified atom stereocenters. The Labute approximate surface area is 143 Å². The summed E-state index contributed by atoms with van der Waals surface area (Å²) >= 11 is 1.53. The topological polar surface area (TPSA) is 51.1 Å². The lowest BCUT2D eigenvalue weighted by atomic mass is 10.0. The first kappa shape index (κ1) is 14.9. The van der Waals surface area contributed by atoms with E-state index >= 15 is 0 Å². The number of carbonyl (C=O) groups is 2. The van der Waals surface area contributed by atoms with Gasteiger partial charge < -0.3 is 9.88 Å². The van der Waals surface area contributed by atoms with Crippen LogP contribution in [0, 0.1) is 6.92 Å². The zero-order chi connectivity index (χ0) is 16.7. The van der Waals surface area contributed by atoms with Gasteiger partial charge in [0.2, 0.25) is 0 Å². The van der Waals surface area contributed by atoms with Crippen LogP contribution in [0.3, 0.4) is 0 Å². The second-order valence-corrected chi connectivity index (χ2v) is 6.86. The Morgan fingerprint density at radius 1 is 1.21 bits per heavy atom. The number of hydrogen-bond donors (Lipinski definition) is 1. The second kappa shape index (κ2) is 5.76. The van der Waals surface area contributed by atoms with Crippen molar-refractivity contribution in [1.82, 2.24) is 9.88 Å². The number of fused-ring (bicyclic) bond motifs is 3. The van der Waals surface area contributed by atoms with Gasteiger partial charge in [0.05, 0.1) is 11.6 Å². The van der Waals surface area contributed by atoms with Crippen molar-refractivity contribution in [3.63, 3.8) is 0 Å². The maximum absolute atomic E-state index is 12.6. The Hall–Kier alpha value is -2.66. The lowest BCUT2D eigenvalue weighted by Gasteiger charge is -2.16. The predicted octanol–water partition coefficient (Wildman–Crippen LogP) is 3.90. The quantitative estimate of drug-likeness (QED) is 0.737. The molecular weight excluding hydrogens is 320 g/mol. The number of Topliss-reactive ketones (excluding diaryl/α,β-unsaturated/α-hetero) is 1. The monoisotopic (exact) mass is 336 g/mol. The maximum Gasteiger partial charge on any atom is 0.254 e. The normalized spacial score (nSPS) is 16.0. The van der Waals surface area contributed by atoms with E-state index in [1.165, 1.54) is 11.3 Å².